The maximum absolute atomic E-state index is 13.0. The number of thiophene rings is 1. The fraction of sp³-hybridized carbons (Fsp3) is 0.304. The first kappa shape index (κ1) is 20.5. The molecule has 0 amide bonds. The van der Waals surface area contributed by atoms with Gasteiger partial charge in [0, 0.05) is 31.7 Å². The summed E-state index contributed by atoms with van der Waals surface area (Å²) in [5, 5.41) is 4.14. The number of nitrogens with zero attached hydrogens (tertiary/aromatic N) is 1. The number of rotatable bonds is 6. The van der Waals surface area contributed by atoms with Crippen LogP contribution in [-0.2, 0) is 23.0 Å². The third kappa shape index (κ3) is 4.34. The van der Waals surface area contributed by atoms with E-state index in [9.17, 15) is 8.42 Å². The van der Waals surface area contributed by atoms with Crippen molar-refractivity contribution in [1.29, 1.82) is 0 Å². The van der Waals surface area contributed by atoms with Crippen LogP contribution < -0.4 is 14.2 Å². The fourth-order valence-electron chi connectivity index (χ4n) is 4.17. The summed E-state index contributed by atoms with van der Waals surface area (Å²) in [4.78, 5) is 2.54. The van der Waals surface area contributed by atoms with E-state index in [0.717, 1.165) is 25.1 Å². The van der Waals surface area contributed by atoms with Crippen molar-refractivity contribution < 1.29 is 17.9 Å². The number of hydrogen-bond donors (Lipinski definition) is 1. The highest BCUT2D eigenvalue weighted by atomic mass is 32.2. The highest BCUT2D eigenvalue weighted by Crippen LogP contribution is 2.33. The average molecular weight is 457 g/mol. The molecular formula is C23H24N2O4S2. The zero-order valence-electron chi connectivity index (χ0n) is 17.0. The topological polar surface area (TPSA) is 67.9 Å². The third-order valence-electron chi connectivity index (χ3n) is 5.82. The van der Waals surface area contributed by atoms with Gasteiger partial charge in [-0.05, 0) is 52.1 Å². The largest absolute Gasteiger partial charge is 0.486 e. The van der Waals surface area contributed by atoms with Crippen molar-refractivity contribution >= 4 is 21.4 Å². The highest BCUT2D eigenvalue weighted by molar-refractivity contribution is 7.89. The molecule has 0 saturated heterocycles. The van der Waals surface area contributed by atoms with Crippen LogP contribution in [-0.4, -0.2) is 39.6 Å². The third-order valence-corrected chi connectivity index (χ3v) is 7.94. The van der Waals surface area contributed by atoms with E-state index in [1.54, 1.807) is 23.5 Å². The zero-order chi connectivity index (χ0) is 21.3. The zero-order valence-corrected chi connectivity index (χ0v) is 18.6. The molecule has 1 atom stereocenters. The molecule has 3 heterocycles. The van der Waals surface area contributed by atoms with Gasteiger partial charge in [-0.15, -0.1) is 0 Å². The van der Waals surface area contributed by atoms with Gasteiger partial charge in [0.25, 0.3) is 0 Å². The van der Waals surface area contributed by atoms with Gasteiger partial charge in [0.15, 0.2) is 11.5 Å². The van der Waals surface area contributed by atoms with Crippen molar-refractivity contribution in [2.24, 2.45) is 0 Å². The van der Waals surface area contributed by atoms with Gasteiger partial charge in [0.05, 0.1) is 4.90 Å². The number of hydrogen-bond acceptors (Lipinski definition) is 6. The molecule has 6 nitrogen and oxygen atoms in total. The van der Waals surface area contributed by atoms with Crippen molar-refractivity contribution in [2.75, 3.05) is 26.3 Å². The maximum atomic E-state index is 13.0. The molecule has 31 heavy (non-hydrogen) atoms. The molecule has 2 aromatic carbocycles. The SMILES string of the molecule is O=S(=O)(NC[C@H](c1ccsc1)N1CCc2ccccc2C1)c1ccc2c(c1)OCCO2. The fourth-order valence-corrected chi connectivity index (χ4v) is 5.93. The summed E-state index contributed by atoms with van der Waals surface area (Å²) in [7, 11) is -3.69. The van der Waals surface area contributed by atoms with Gasteiger partial charge in [-0.3, -0.25) is 4.90 Å². The van der Waals surface area contributed by atoms with Crippen LogP contribution in [0.4, 0.5) is 0 Å². The maximum Gasteiger partial charge on any atom is 0.240 e. The second-order valence-electron chi connectivity index (χ2n) is 7.72. The molecule has 0 bridgehead atoms. The lowest BCUT2D eigenvalue weighted by atomic mass is 9.97. The van der Waals surface area contributed by atoms with Crippen molar-refractivity contribution in [1.82, 2.24) is 9.62 Å². The van der Waals surface area contributed by atoms with Crippen molar-refractivity contribution in [3.05, 3.63) is 76.0 Å². The van der Waals surface area contributed by atoms with Crippen LogP contribution in [0.5, 0.6) is 11.5 Å². The van der Waals surface area contributed by atoms with Gasteiger partial charge in [-0.2, -0.15) is 11.3 Å². The quantitative estimate of drug-likeness (QED) is 0.614. The van der Waals surface area contributed by atoms with Crippen LogP contribution in [0.15, 0.2) is 64.2 Å². The molecule has 2 aliphatic rings. The molecule has 0 saturated carbocycles. The molecule has 0 aliphatic carbocycles. The Hall–Kier alpha value is -2.39. The predicted molar refractivity (Wildman–Crippen MR) is 120 cm³/mol. The van der Waals surface area contributed by atoms with Gasteiger partial charge in [-0.25, -0.2) is 13.1 Å². The Labute approximate surface area is 186 Å². The lowest BCUT2D eigenvalue weighted by molar-refractivity contribution is 0.171. The number of nitrogens with one attached hydrogen (secondary N) is 1. The molecule has 2 aliphatic heterocycles. The van der Waals surface area contributed by atoms with Crippen LogP contribution >= 0.6 is 11.3 Å². The molecule has 0 fully saturated rings. The summed E-state index contributed by atoms with van der Waals surface area (Å²) in [6, 6.07) is 15.3. The predicted octanol–water partition coefficient (Wildman–Crippen LogP) is 3.60. The van der Waals surface area contributed by atoms with E-state index < -0.39 is 10.0 Å². The van der Waals surface area contributed by atoms with Gasteiger partial charge in [0.2, 0.25) is 10.0 Å². The van der Waals surface area contributed by atoms with Crippen LogP contribution in [0.25, 0.3) is 0 Å². The summed E-state index contributed by atoms with van der Waals surface area (Å²) in [6.45, 7) is 2.89. The first-order chi connectivity index (χ1) is 15.1. The standard InChI is InChI=1S/C23H24N2O4S2/c26-31(27,20-5-6-22-23(13-20)29-11-10-28-22)24-14-21(19-8-12-30-16-19)25-9-7-17-3-1-2-4-18(17)15-25/h1-6,8,12-13,16,21,24H,7,9-11,14-15H2/t21-/m1/s1. The van der Waals surface area contributed by atoms with E-state index in [1.807, 2.05) is 5.38 Å². The average Bonchev–Trinajstić information content (AvgIpc) is 3.33. The summed E-state index contributed by atoms with van der Waals surface area (Å²) < 4.78 is 40.0. The van der Waals surface area contributed by atoms with E-state index in [1.165, 1.54) is 17.2 Å². The Morgan fingerprint density at radius 3 is 2.65 bits per heavy atom. The van der Waals surface area contributed by atoms with Gasteiger partial charge in [0.1, 0.15) is 13.2 Å². The minimum atomic E-state index is -3.69. The van der Waals surface area contributed by atoms with E-state index in [2.05, 4.69) is 45.3 Å². The smallest absolute Gasteiger partial charge is 0.240 e. The van der Waals surface area contributed by atoms with Gasteiger partial charge >= 0.3 is 0 Å². The van der Waals surface area contributed by atoms with Crippen LogP contribution in [0.1, 0.15) is 22.7 Å². The Morgan fingerprint density at radius 2 is 1.84 bits per heavy atom. The number of ether oxygens (including phenoxy) is 2. The van der Waals surface area contributed by atoms with Crippen molar-refractivity contribution in [3.63, 3.8) is 0 Å². The lowest BCUT2D eigenvalue weighted by Crippen LogP contribution is -2.40. The van der Waals surface area contributed by atoms with E-state index in [0.29, 0.717) is 31.3 Å². The Bertz CT molecular complexity index is 1160. The van der Waals surface area contributed by atoms with Crippen LogP contribution in [0.3, 0.4) is 0 Å². The molecular weight excluding hydrogens is 432 g/mol. The summed E-state index contributed by atoms with van der Waals surface area (Å²) >= 11 is 1.63. The Kier molecular flexibility index (Phi) is 5.71. The van der Waals surface area contributed by atoms with Gasteiger partial charge < -0.3 is 9.47 Å². The normalized spacial score (nSPS) is 17.2. The summed E-state index contributed by atoms with van der Waals surface area (Å²) in [6.07, 6.45) is 0.964. The molecule has 1 N–H and O–H groups in total. The summed E-state index contributed by atoms with van der Waals surface area (Å²) in [5.41, 5.74) is 3.82. The molecule has 0 unspecified atom stereocenters. The molecule has 0 spiro atoms. The second kappa shape index (κ2) is 8.63. The number of fused-ring (bicyclic) bond motifs is 2. The molecule has 8 heteroatoms. The summed E-state index contributed by atoms with van der Waals surface area (Å²) in [5.74, 6) is 1.05. The monoisotopic (exact) mass is 456 g/mol. The molecule has 5 rings (SSSR count). The minimum absolute atomic E-state index is 0.0356. The van der Waals surface area contributed by atoms with Crippen molar-refractivity contribution in [3.8, 4) is 11.5 Å². The highest BCUT2D eigenvalue weighted by Gasteiger charge is 2.27. The molecule has 1 aromatic heterocycles. The second-order valence-corrected chi connectivity index (χ2v) is 10.3. The number of benzene rings is 2. The van der Waals surface area contributed by atoms with Gasteiger partial charge in [-0.1, -0.05) is 24.3 Å². The van der Waals surface area contributed by atoms with Crippen LogP contribution in [0, 0.1) is 0 Å². The van der Waals surface area contributed by atoms with E-state index >= 15 is 0 Å². The molecule has 3 aromatic rings. The van der Waals surface area contributed by atoms with E-state index in [-0.39, 0.29) is 10.9 Å². The van der Waals surface area contributed by atoms with E-state index in [4.69, 9.17) is 9.47 Å². The molecule has 162 valence electrons. The van der Waals surface area contributed by atoms with Crippen LogP contribution in [0.2, 0.25) is 0 Å². The minimum Gasteiger partial charge on any atom is -0.486 e. The first-order valence-electron chi connectivity index (χ1n) is 10.3. The lowest BCUT2D eigenvalue weighted by Gasteiger charge is -2.35. The molecule has 0 radical (unpaired) electrons. The Morgan fingerprint density at radius 1 is 1.03 bits per heavy atom. The first-order valence-corrected chi connectivity index (χ1v) is 12.7. The van der Waals surface area contributed by atoms with Crippen molar-refractivity contribution in [2.45, 2.75) is 23.9 Å². The number of sulfonamides is 1. The Balaban J connectivity index is 1.36.